The molecule has 0 spiro atoms. The van der Waals surface area contributed by atoms with Gasteiger partial charge in [-0.1, -0.05) is 11.6 Å². The van der Waals surface area contributed by atoms with E-state index in [0.29, 0.717) is 71.1 Å². The van der Waals surface area contributed by atoms with Crippen LogP contribution in [0, 0.1) is 0 Å². The molecule has 1 aliphatic heterocycles. The van der Waals surface area contributed by atoms with Crippen LogP contribution in [-0.4, -0.2) is 110 Å². The first kappa shape index (κ1) is 34.3. The van der Waals surface area contributed by atoms with Gasteiger partial charge in [-0.15, -0.1) is 0 Å². The molecule has 4 rings (SSSR count). The maximum atomic E-state index is 13.4. The molecular weight excluding hydrogens is 602 g/mol. The molecule has 0 aliphatic carbocycles. The van der Waals surface area contributed by atoms with Crippen LogP contribution in [-0.2, 0) is 11.3 Å². The molecule has 3 N–H and O–H groups in total. The molecule has 1 atom stereocenters. The summed E-state index contributed by atoms with van der Waals surface area (Å²) in [5.41, 5.74) is 6.63. The number of ether oxygens (including phenoxy) is 4. The number of aromatic nitrogens is 2. The van der Waals surface area contributed by atoms with Crippen LogP contribution in [0.15, 0.2) is 30.5 Å². The monoisotopic (exact) mass is 645 g/mol. The van der Waals surface area contributed by atoms with Gasteiger partial charge in [-0.2, -0.15) is 5.10 Å². The van der Waals surface area contributed by atoms with Crippen molar-refractivity contribution in [3.8, 4) is 17.2 Å². The highest BCUT2D eigenvalue weighted by molar-refractivity contribution is 6.35. The zero-order valence-corrected chi connectivity index (χ0v) is 27.1. The van der Waals surface area contributed by atoms with Crippen LogP contribution in [0.3, 0.4) is 0 Å². The van der Waals surface area contributed by atoms with E-state index in [9.17, 15) is 14.7 Å². The molecule has 1 unspecified atom stereocenters. The van der Waals surface area contributed by atoms with Crippen LogP contribution in [0.5, 0.6) is 17.2 Å². The molecule has 1 fully saturated rings. The van der Waals surface area contributed by atoms with Crippen LogP contribution < -0.4 is 19.9 Å². The quantitative estimate of drug-likeness (QED) is 0.217. The lowest BCUT2D eigenvalue weighted by molar-refractivity contribution is 0.0227. The Morgan fingerprint density at radius 1 is 0.911 bits per heavy atom. The smallest absolute Gasteiger partial charge is 0.338 e. The van der Waals surface area contributed by atoms with E-state index in [1.54, 1.807) is 16.8 Å². The van der Waals surface area contributed by atoms with Crippen LogP contribution in [0.25, 0.3) is 10.9 Å². The zero-order chi connectivity index (χ0) is 32.3. The Kier molecular flexibility index (Phi) is 12.7. The Morgan fingerprint density at radius 2 is 1.60 bits per heavy atom. The third-order valence-electron chi connectivity index (χ3n) is 8.08. The number of fused-ring (bicyclic) bond motifs is 1. The molecule has 1 aromatic heterocycles. The first-order valence-electron chi connectivity index (χ1n) is 15.3. The minimum Gasteiger partial charge on any atom is -0.493 e. The number of methoxy groups -OCH3 is 3. The molecular formula is C32H44ClN5O7. The van der Waals surface area contributed by atoms with Crippen LogP contribution in [0.4, 0.5) is 0 Å². The van der Waals surface area contributed by atoms with Crippen LogP contribution in [0.1, 0.15) is 52.8 Å². The molecule has 1 saturated heterocycles. The molecule has 45 heavy (non-hydrogen) atoms. The first-order valence-corrected chi connectivity index (χ1v) is 15.7. The van der Waals surface area contributed by atoms with Crippen molar-refractivity contribution < 1.29 is 33.6 Å². The van der Waals surface area contributed by atoms with Gasteiger partial charge in [0.15, 0.2) is 11.5 Å². The first-order chi connectivity index (χ1) is 21.8. The number of nitrogens with two attached hydrogens (primary N) is 1. The third-order valence-corrected chi connectivity index (χ3v) is 8.40. The molecule has 0 bridgehead atoms. The molecule has 2 heterocycles. The highest BCUT2D eigenvalue weighted by atomic mass is 35.5. The number of carbonyl (C=O) groups is 2. The normalized spacial score (nSPS) is 15.0. The molecule has 3 aromatic rings. The Hall–Kier alpha value is -3.58. The van der Waals surface area contributed by atoms with Gasteiger partial charge in [-0.3, -0.25) is 4.68 Å². The SMILES string of the molecule is COc1cc(C(=O)OC(CCCn2cc3c(Cl)cc(C(=O)O)cc3n2)CCN2CCCN(CCCN)CC2)cc(OC)c1OC. The summed E-state index contributed by atoms with van der Waals surface area (Å²) in [6, 6.07) is 6.13. The minimum atomic E-state index is -1.06. The van der Waals surface area contributed by atoms with Crippen molar-refractivity contribution in [2.45, 2.75) is 44.8 Å². The van der Waals surface area contributed by atoms with E-state index >= 15 is 0 Å². The molecule has 0 amide bonds. The molecule has 12 nitrogen and oxygen atoms in total. The number of benzene rings is 2. The van der Waals surface area contributed by atoms with Crippen molar-refractivity contribution in [3.05, 3.63) is 46.6 Å². The largest absolute Gasteiger partial charge is 0.493 e. The van der Waals surface area contributed by atoms with E-state index in [0.717, 1.165) is 52.1 Å². The van der Waals surface area contributed by atoms with E-state index in [1.807, 2.05) is 6.20 Å². The highest BCUT2D eigenvalue weighted by Gasteiger charge is 2.23. The summed E-state index contributed by atoms with van der Waals surface area (Å²) >= 11 is 6.33. The number of aromatic carboxylic acids is 1. The minimum absolute atomic E-state index is 0.0903. The summed E-state index contributed by atoms with van der Waals surface area (Å²) in [4.78, 5) is 29.8. The zero-order valence-electron chi connectivity index (χ0n) is 26.3. The van der Waals surface area contributed by atoms with Gasteiger partial charge in [0.05, 0.1) is 43.0 Å². The second-order valence-electron chi connectivity index (χ2n) is 11.1. The number of esters is 1. The van der Waals surface area contributed by atoms with E-state index in [1.165, 1.54) is 33.5 Å². The maximum Gasteiger partial charge on any atom is 0.338 e. The van der Waals surface area contributed by atoms with E-state index in [-0.39, 0.29) is 11.7 Å². The van der Waals surface area contributed by atoms with Crippen molar-refractivity contribution in [1.82, 2.24) is 19.6 Å². The Bertz CT molecular complexity index is 1420. The number of nitrogens with zero attached hydrogens (tertiary/aromatic N) is 4. The fourth-order valence-corrected chi connectivity index (χ4v) is 5.91. The predicted molar refractivity (Wildman–Crippen MR) is 172 cm³/mol. The highest BCUT2D eigenvalue weighted by Crippen LogP contribution is 2.38. The number of carboxylic acids is 1. The van der Waals surface area contributed by atoms with Crippen molar-refractivity contribution in [2.24, 2.45) is 5.73 Å². The van der Waals surface area contributed by atoms with Gasteiger partial charge in [0.2, 0.25) is 5.75 Å². The maximum absolute atomic E-state index is 13.4. The van der Waals surface area contributed by atoms with E-state index in [4.69, 9.17) is 36.3 Å². The lowest BCUT2D eigenvalue weighted by Gasteiger charge is -2.25. The standard InChI is InChI=1S/C32H44ClN5O7/c1-42-28-19-23(20-29(43-2)30(28)44-3)32(41)45-24(8-14-37-12-6-11-36(15-16-37)10-5-9-34)7-4-13-38-21-25-26(33)17-22(31(39)40)18-27(25)35-38/h17-21,24H,4-16,34H2,1-3H3,(H,39,40). The summed E-state index contributed by atoms with van der Waals surface area (Å²) in [5.74, 6) is -0.380. The van der Waals surface area contributed by atoms with Gasteiger partial charge in [-0.05, 0) is 82.5 Å². The number of rotatable bonds is 16. The molecule has 1 aliphatic rings. The summed E-state index contributed by atoms with van der Waals surface area (Å²) in [6.07, 6.45) is 5.51. The third kappa shape index (κ3) is 9.23. The molecule has 0 radical (unpaired) electrons. The second kappa shape index (κ2) is 16.6. The summed E-state index contributed by atoms with van der Waals surface area (Å²) in [5, 5.41) is 14.9. The Balaban J connectivity index is 1.45. The van der Waals surface area contributed by atoms with Gasteiger partial charge < -0.3 is 39.6 Å². The van der Waals surface area contributed by atoms with Crippen molar-refractivity contribution in [1.29, 1.82) is 0 Å². The molecule has 2 aromatic carbocycles. The van der Waals surface area contributed by atoms with Crippen molar-refractivity contribution in [2.75, 3.05) is 67.1 Å². The number of carbonyl (C=O) groups excluding carboxylic acids is 1. The number of aryl methyl sites for hydroxylation is 1. The van der Waals surface area contributed by atoms with E-state index in [2.05, 4.69) is 14.9 Å². The number of hydrogen-bond acceptors (Lipinski definition) is 10. The van der Waals surface area contributed by atoms with Gasteiger partial charge in [0, 0.05) is 37.8 Å². The van der Waals surface area contributed by atoms with Crippen LogP contribution >= 0.6 is 11.6 Å². The van der Waals surface area contributed by atoms with Crippen LogP contribution in [0.2, 0.25) is 5.02 Å². The molecule has 0 saturated carbocycles. The Morgan fingerprint density at radius 3 is 2.22 bits per heavy atom. The second-order valence-corrected chi connectivity index (χ2v) is 11.5. The van der Waals surface area contributed by atoms with Gasteiger partial charge >= 0.3 is 11.9 Å². The Labute approximate surface area is 268 Å². The van der Waals surface area contributed by atoms with Gasteiger partial charge in [0.25, 0.3) is 0 Å². The van der Waals surface area contributed by atoms with Gasteiger partial charge in [0.1, 0.15) is 6.10 Å². The topological polar surface area (TPSA) is 142 Å². The lowest BCUT2D eigenvalue weighted by atomic mass is 10.1. The predicted octanol–water partition coefficient (Wildman–Crippen LogP) is 4.17. The van der Waals surface area contributed by atoms with Gasteiger partial charge in [-0.25, -0.2) is 9.59 Å². The number of hydrogen-bond donors (Lipinski definition) is 2. The fourth-order valence-electron chi connectivity index (χ4n) is 5.64. The molecule has 246 valence electrons. The number of carboxylic acid groups (broad SMARTS) is 1. The number of halogens is 1. The van der Waals surface area contributed by atoms with Crippen molar-refractivity contribution >= 4 is 34.4 Å². The molecule has 13 heteroatoms. The lowest BCUT2D eigenvalue weighted by Crippen LogP contribution is -2.34. The fraction of sp³-hybridized carbons (Fsp3) is 0.531. The van der Waals surface area contributed by atoms with E-state index < -0.39 is 11.9 Å². The average molecular weight is 646 g/mol. The summed E-state index contributed by atoms with van der Waals surface area (Å²) in [6.45, 7) is 7.07. The average Bonchev–Trinajstić information content (AvgIpc) is 3.32. The summed E-state index contributed by atoms with van der Waals surface area (Å²) < 4.78 is 24.1. The van der Waals surface area contributed by atoms with Crippen molar-refractivity contribution in [3.63, 3.8) is 0 Å². The summed E-state index contributed by atoms with van der Waals surface area (Å²) in [7, 11) is 4.51.